The first kappa shape index (κ1) is 17.7. The van der Waals surface area contributed by atoms with Crippen LogP contribution < -0.4 is 0 Å². The van der Waals surface area contributed by atoms with Crippen molar-refractivity contribution in [1.29, 1.82) is 0 Å². The highest BCUT2D eigenvalue weighted by Gasteiger charge is 2.32. The van der Waals surface area contributed by atoms with Gasteiger partial charge in [0.05, 0.1) is 25.4 Å². The maximum atomic E-state index is 5.32. The van der Waals surface area contributed by atoms with Gasteiger partial charge in [-0.1, -0.05) is 13.8 Å². The molecular weight excluding hydrogens is 232 g/mol. The van der Waals surface area contributed by atoms with E-state index in [0.29, 0.717) is 24.7 Å². The molecule has 18 heavy (non-hydrogen) atoms. The molecule has 2 heterocycles. The fraction of sp³-hybridized carbons (Fsp3) is 0.929. The molecule has 0 aromatic carbocycles. The van der Waals surface area contributed by atoms with E-state index in [1.807, 2.05) is 13.8 Å². The molecule has 2 rings (SSSR count). The van der Waals surface area contributed by atoms with Gasteiger partial charge >= 0.3 is 0 Å². The van der Waals surface area contributed by atoms with Crippen LogP contribution in [0.5, 0.6) is 0 Å². The van der Waals surface area contributed by atoms with Crippen molar-refractivity contribution in [2.75, 3.05) is 26.9 Å². The highest BCUT2D eigenvalue weighted by atomic mass is 16.6. The van der Waals surface area contributed by atoms with Crippen molar-refractivity contribution >= 4 is 0 Å². The van der Waals surface area contributed by atoms with Crippen LogP contribution >= 0.6 is 0 Å². The van der Waals surface area contributed by atoms with E-state index in [-0.39, 0.29) is 6.10 Å². The second-order valence-electron chi connectivity index (χ2n) is 5.10. The van der Waals surface area contributed by atoms with E-state index in [4.69, 9.17) is 14.2 Å². The third kappa shape index (κ3) is 18.1. The molecule has 0 amide bonds. The van der Waals surface area contributed by atoms with Gasteiger partial charge in [0.1, 0.15) is 0 Å². The largest absolute Gasteiger partial charge is 0.379 e. The highest BCUT2D eigenvalue weighted by Crippen LogP contribution is 2.11. The number of methoxy groups -OCH3 is 1. The predicted molar refractivity (Wildman–Crippen MR) is 72.4 cm³/mol. The molecule has 0 aromatic rings. The van der Waals surface area contributed by atoms with Crippen molar-refractivity contribution in [1.82, 2.24) is 0 Å². The molecule has 0 bridgehead atoms. The number of ether oxygens (including phenoxy) is 4. The summed E-state index contributed by atoms with van der Waals surface area (Å²) in [5, 5.41) is 0. The normalized spacial score (nSPS) is 25.1. The molecule has 3 unspecified atom stereocenters. The summed E-state index contributed by atoms with van der Waals surface area (Å²) in [4.78, 5) is 0. The Balaban J connectivity index is 0.000000288. The maximum absolute atomic E-state index is 5.32. The molecule has 4 nitrogen and oxygen atoms in total. The third-order valence-electron chi connectivity index (χ3n) is 2.11. The topological polar surface area (TPSA) is 43.5 Å². The zero-order valence-electron chi connectivity index (χ0n) is 12.6. The lowest BCUT2D eigenvalue weighted by atomic mass is 10.2. The molecule has 0 saturated carbocycles. The van der Waals surface area contributed by atoms with Crippen molar-refractivity contribution in [2.45, 2.75) is 52.9 Å². The summed E-state index contributed by atoms with van der Waals surface area (Å²) in [6, 6.07) is 0. The van der Waals surface area contributed by atoms with E-state index in [2.05, 4.69) is 25.5 Å². The summed E-state index contributed by atoms with van der Waals surface area (Å²) in [5.41, 5.74) is 0. The standard InChI is InChI=1S/C8H18O2.C3H6O.C3H5O/c1-7(2)5-10-6-8(3)9-4;2*1-3-2-4-3/h7-8H,5-6H2,1-4H3;3H,2H2,1H3;2-3H,1H3/q;;+1. The molecule has 108 valence electrons. The second-order valence-corrected chi connectivity index (χ2v) is 5.10. The minimum atomic E-state index is 0.221. The van der Waals surface area contributed by atoms with Crippen LogP contribution in [0.15, 0.2) is 0 Å². The van der Waals surface area contributed by atoms with Gasteiger partial charge in [0.25, 0.3) is 12.7 Å². The van der Waals surface area contributed by atoms with Gasteiger partial charge in [-0.25, -0.2) is 0 Å². The Bertz CT molecular complexity index is 167. The molecule has 0 aromatic heterocycles. The zero-order valence-corrected chi connectivity index (χ0v) is 12.6. The summed E-state index contributed by atoms with van der Waals surface area (Å²) >= 11 is 0. The van der Waals surface area contributed by atoms with Crippen LogP contribution in [0.25, 0.3) is 0 Å². The molecule has 3 atom stereocenters. The van der Waals surface area contributed by atoms with Crippen LogP contribution in [0.2, 0.25) is 0 Å². The number of rotatable bonds is 5. The van der Waals surface area contributed by atoms with Crippen LogP contribution in [-0.2, 0) is 18.9 Å². The van der Waals surface area contributed by atoms with Gasteiger partial charge in [0.15, 0.2) is 0 Å². The van der Waals surface area contributed by atoms with E-state index in [9.17, 15) is 0 Å². The molecule has 0 radical (unpaired) electrons. The fourth-order valence-corrected chi connectivity index (χ4v) is 0.713. The first-order valence-corrected chi connectivity index (χ1v) is 6.66. The molecule has 4 heteroatoms. The lowest BCUT2D eigenvalue weighted by Crippen LogP contribution is -2.15. The van der Waals surface area contributed by atoms with Gasteiger partial charge in [-0.2, -0.15) is 0 Å². The van der Waals surface area contributed by atoms with Crippen molar-refractivity contribution in [2.24, 2.45) is 5.92 Å². The quantitative estimate of drug-likeness (QED) is 0.564. The number of hydrogen-bond donors (Lipinski definition) is 0. The second kappa shape index (κ2) is 10.6. The van der Waals surface area contributed by atoms with Crippen LogP contribution in [0.1, 0.15) is 34.6 Å². The predicted octanol–water partition coefficient (Wildman–Crippen LogP) is 2.67. The van der Waals surface area contributed by atoms with E-state index in [1.165, 1.54) is 0 Å². The maximum Gasteiger partial charge on any atom is 0.272 e. The monoisotopic (exact) mass is 261 g/mol. The third-order valence-corrected chi connectivity index (χ3v) is 2.11. The average Bonchev–Trinajstić information content (AvgIpc) is 3.21. The molecule has 2 aliphatic heterocycles. The minimum absolute atomic E-state index is 0.221. The van der Waals surface area contributed by atoms with Gasteiger partial charge in [-0.3, -0.25) is 0 Å². The number of hydrogen-bond acceptors (Lipinski definition) is 4. The van der Waals surface area contributed by atoms with Crippen molar-refractivity contribution in [3.63, 3.8) is 0 Å². The first-order valence-electron chi connectivity index (χ1n) is 6.66. The van der Waals surface area contributed by atoms with E-state index < -0.39 is 0 Å². The smallest absolute Gasteiger partial charge is 0.272 e. The Hall–Kier alpha value is -0.290. The molecule has 0 spiro atoms. The number of epoxide rings is 2. The van der Waals surface area contributed by atoms with Gasteiger partial charge in [0, 0.05) is 20.6 Å². The molecule has 2 fully saturated rings. The van der Waals surface area contributed by atoms with Crippen molar-refractivity contribution in [3.05, 3.63) is 6.61 Å². The Morgan fingerprint density at radius 2 is 1.67 bits per heavy atom. The molecule has 0 N–H and O–H groups in total. The highest BCUT2D eigenvalue weighted by molar-refractivity contribution is 4.76. The Labute approximate surface area is 112 Å². The fourth-order valence-electron chi connectivity index (χ4n) is 0.713. The summed E-state index contributed by atoms with van der Waals surface area (Å²) in [7, 11) is 1.70. The Morgan fingerprint density at radius 1 is 1.22 bits per heavy atom. The Morgan fingerprint density at radius 3 is 1.89 bits per heavy atom. The minimum Gasteiger partial charge on any atom is -0.379 e. The van der Waals surface area contributed by atoms with Gasteiger partial charge < -0.3 is 14.2 Å². The van der Waals surface area contributed by atoms with Crippen LogP contribution in [0, 0.1) is 12.5 Å². The molecule has 2 aliphatic rings. The van der Waals surface area contributed by atoms with E-state index in [0.717, 1.165) is 13.2 Å². The lowest BCUT2D eigenvalue weighted by Gasteiger charge is -2.11. The average molecular weight is 261 g/mol. The van der Waals surface area contributed by atoms with Gasteiger partial charge in [0.2, 0.25) is 0 Å². The SMILES string of the molecule is CC1CO1.CC1[CH+]O1.COC(C)COCC(C)C. The summed E-state index contributed by atoms with van der Waals surface area (Å²) in [5.74, 6) is 0.615. The molecule has 2 saturated heterocycles. The molecular formula is C14H29O4+. The Kier molecular flexibility index (Phi) is 10.4. The first-order chi connectivity index (χ1) is 8.45. The zero-order chi connectivity index (χ0) is 14.0. The van der Waals surface area contributed by atoms with E-state index in [1.54, 1.807) is 13.7 Å². The van der Waals surface area contributed by atoms with Crippen molar-refractivity contribution < 1.29 is 18.9 Å². The van der Waals surface area contributed by atoms with Crippen molar-refractivity contribution in [3.8, 4) is 0 Å². The summed E-state index contributed by atoms with van der Waals surface area (Å²) < 4.78 is 19.6. The van der Waals surface area contributed by atoms with Crippen LogP contribution in [0.3, 0.4) is 0 Å². The van der Waals surface area contributed by atoms with Crippen LogP contribution in [0.4, 0.5) is 0 Å². The van der Waals surface area contributed by atoms with E-state index >= 15 is 0 Å². The summed E-state index contributed by atoms with van der Waals surface area (Å²) in [6.07, 6.45) is 1.26. The molecule has 0 aliphatic carbocycles. The van der Waals surface area contributed by atoms with Gasteiger partial charge in [-0.15, -0.1) is 4.74 Å². The van der Waals surface area contributed by atoms with Gasteiger partial charge in [-0.05, 0) is 19.8 Å². The van der Waals surface area contributed by atoms with Crippen LogP contribution in [-0.4, -0.2) is 45.2 Å². The lowest BCUT2D eigenvalue weighted by molar-refractivity contribution is 0.00995. The summed E-state index contributed by atoms with van der Waals surface area (Å²) in [6.45, 7) is 14.6.